The van der Waals surface area contributed by atoms with E-state index in [1.54, 1.807) is 6.33 Å². The van der Waals surface area contributed by atoms with Crippen molar-refractivity contribution in [3.8, 4) is 0 Å². The Morgan fingerprint density at radius 1 is 1.35 bits per heavy atom. The zero-order valence-corrected chi connectivity index (χ0v) is 12.5. The van der Waals surface area contributed by atoms with Crippen molar-refractivity contribution in [1.82, 2.24) is 14.9 Å². The largest absolute Gasteiger partial charge is 0.377 e. The highest BCUT2D eigenvalue weighted by atomic mass is 16.5. The molecule has 0 saturated carbocycles. The number of aromatic nitrogens is 2. The van der Waals surface area contributed by atoms with Gasteiger partial charge in [0, 0.05) is 52.3 Å². The quantitative estimate of drug-likeness (QED) is 0.836. The van der Waals surface area contributed by atoms with Crippen LogP contribution < -0.4 is 4.90 Å². The molecule has 0 radical (unpaired) electrons. The molecule has 0 spiro atoms. The normalized spacial score (nSPS) is 23.4. The van der Waals surface area contributed by atoms with Gasteiger partial charge in [0.05, 0.1) is 11.8 Å². The molecule has 0 amide bonds. The lowest BCUT2D eigenvalue weighted by Crippen LogP contribution is -2.39. The van der Waals surface area contributed by atoms with Crippen molar-refractivity contribution < 1.29 is 4.74 Å². The lowest BCUT2D eigenvalue weighted by molar-refractivity contribution is -0.00811. The second kappa shape index (κ2) is 6.06. The highest BCUT2D eigenvalue weighted by Gasteiger charge is 2.24. The predicted octanol–water partition coefficient (Wildman–Crippen LogP) is 1.47. The minimum atomic E-state index is 0.415. The van der Waals surface area contributed by atoms with Crippen LogP contribution in [0.3, 0.4) is 0 Å². The summed E-state index contributed by atoms with van der Waals surface area (Å²) in [6, 6.07) is 0. The van der Waals surface area contributed by atoms with Gasteiger partial charge in [-0.25, -0.2) is 9.97 Å². The SMILES string of the molecule is CN(C)c1ncnc2c1CN(C[C@H]1CCCCO1)CC2. The van der Waals surface area contributed by atoms with Crippen molar-refractivity contribution in [2.75, 3.05) is 38.7 Å². The van der Waals surface area contributed by atoms with Gasteiger partial charge in [0.2, 0.25) is 0 Å². The Hall–Kier alpha value is -1.20. The maximum absolute atomic E-state index is 5.86. The molecule has 2 aliphatic heterocycles. The number of rotatable bonds is 3. The molecule has 0 aliphatic carbocycles. The minimum Gasteiger partial charge on any atom is -0.377 e. The van der Waals surface area contributed by atoms with Crippen molar-refractivity contribution in [2.24, 2.45) is 0 Å². The molecule has 2 aliphatic rings. The van der Waals surface area contributed by atoms with Crippen LogP contribution in [0.2, 0.25) is 0 Å². The third kappa shape index (κ3) is 2.94. The van der Waals surface area contributed by atoms with Crippen LogP contribution in [0.25, 0.3) is 0 Å². The van der Waals surface area contributed by atoms with Crippen LogP contribution in [0, 0.1) is 0 Å². The summed E-state index contributed by atoms with van der Waals surface area (Å²) in [7, 11) is 4.09. The van der Waals surface area contributed by atoms with Gasteiger partial charge in [-0.1, -0.05) is 0 Å². The Balaban J connectivity index is 1.70. The summed E-state index contributed by atoms with van der Waals surface area (Å²) >= 11 is 0. The summed E-state index contributed by atoms with van der Waals surface area (Å²) in [6.45, 7) is 4.00. The second-order valence-electron chi connectivity index (χ2n) is 5.99. The van der Waals surface area contributed by atoms with Gasteiger partial charge in [-0.15, -0.1) is 0 Å². The van der Waals surface area contributed by atoms with Gasteiger partial charge in [0.1, 0.15) is 12.1 Å². The number of nitrogens with zero attached hydrogens (tertiary/aromatic N) is 4. The molecule has 0 unspecified atom stereocenters. The number of fused-ring (bicyclic) bond motifs is 1. The van der Waals surface area contributed by atoms with Gasteiger partial charge in [0.15, 0.2) is 0 Å². The van der Waals surface area contributed by atoms with Gasteiger partial charge in [-0.05, 0) is 19.3 Å². The fourth-order valence-electron chi connectivity index (χ4n) is 3.16. The van der Waals surface area contributed by atoms with E-state index in [9.17, 15) is 0 Å². The van der Waals surface area contributed by atoms with E-state index in [1.807, 2.05) is 14.1 Å². The molecule has 20 heavy (non-hydrogen) atoms. The highest BCUT2D eigenvalue weighted by molar-refractivity contribution is 5.48. The molecule has 1 aromatic rings. The van der Waals surface area contributed by atoms with Gasteiger partial charge in [0.25, 0.3) is 0 Å². The lowest BCUT2D eigenvalue weighted by atomic mass is 10.0. The summed E-state index contributed by atoms with van der Waals surface area (Å²) in [5, 5.41) is 0. The first-order valence-corrected chi connectivity index (χ1v) is 7.58. The van der Waals surface area contributed by atoms with E-state index < -0.39 is 0 Å². The maximum Gasteiger partial charge on any atom is 0.136 e. The zero-order chi connectivity index (χ0) is 13.9. The first-order chi connectivity index (χ1) is 9.74. The molecular weight excluding hydrogens is 252 g/mol. The molecule has 1 aromatic heterocycles. The summed E-state index contributed by atoms with van der Waals surface area (Å²) in [4.78, 5) is 13.5. The summed E-state index contributed by atoms with van der Waals surface area (Å²) in [5.41, 5.74) is 2.50. The van der Waals surface area contributed by atoms with Crippen molar-refractivity contribution in [2.45, 2.75) is 38.3 Å². The van der Waals surface area contributed by atoms with Crippen molar-refractivity contribution in [3.63, 3.8) is 0 Å². The minimum absolute atomic E-state index is 0.415. The first kappa shape index (κ1) is 13.8. The smallest absolute Gasteiger partial charge is 0.136 e. The second-order valence-corrected chi connectivity index (χ2v) is 5.99. The standard InChI is InChI=1S/C15H24N4O/c1-18(2)15-13-10-19(7-6-14(13)16-11-17-15)9-12-5-3-4-8-20-12/h11-12H,3-10H2,1-2H3/t12-/m1/s1. The van der Waals surface area contributed by atoms with E-state index in [2.05, 4.69) is 19.8 Å². The monoisotopic (exact) mass is 276 g/mol. The number of hydrogen-bond acceptors (Lipinski definition) is 5. The average Bonchev–Trinajstić information content (AvgIpc) is 2.47. The lowest BCUT2D eigenvalue weighted by Gasteiger charge is -2.34. The zero-order valence-electron chi connectivity index (χ0n) is 12.5. The third-order valence-electron chi connectivity index (χ3n) is 4.22. The van der Waals surface area contributed by atoms with Gasteiger partial charge >= 0.3 is 0 Å². The van der Waals surface area contributed by atoms with E-state index in [-0.39, 0.29) is 0 Å². The fourth-order valence-corrected chi connectivity index (χ4v) is 3.16. The number of ether oxygens (including phenoxy) is 1. The Morgan fingerprint density at radius 2 is 2.25 bits per heavy atom. The van der Waals surface area contributed by atoms with Crippen LogP contribution in [0.5, 0.6) is 0 Å². The third-order valence-corrected chi connectivity index (χ3v) is 4.22. The maximum atomic E-state index is 5.86. The Bertz CT molecular complexity index is 457. The van der Waals surface area contributed by atoms with Crippen LogP contribution in [0.1, 0.15) is 30.5 Å². The van der Waals surface area contributed by atoms with Crippen LogP contribution in [0.15, 0.2) is 6.33 Å². The number of hydrogen-bond donors (Lipinski definition) is 0. The van der Waals surface area contributed by atoms with E-state index in [0.29, 0.717) is 6.10 Å². The first-order valence-electron chi connectivity index (χ1n) is 7.58. The highest BCUT2D eigenvalue weighted by Crippen LogP contribution is 2.25. The Labute approximate surface area is 121 Å². The molecule has 5 nitrogen and oxygen atoms in total. The molecule has 1 fully saturated rings. The molecule has 5 heteroatoms. The molecule has 1 atom stereocenters. The molecule has 0 aromatic carbocycles. The average molecular weight is 276 g/mol. The molecule has 110 valence electrons. The number of anilines is 1. The summed E-state index contributed by atoms with van der Waals surface area (Å²) in [5.74, 6) is 1.06. The van der Waals surface area contributed by atoms with Crippen LogP contribution >= 0.6 is 0 Å². The molecule has 3 rings (SSSR count). The predicted molar refractivity (Wildman–Crippen MR) is 78.9 cm³/mol. The van der Waals surface area contributed by atoms with E-state index in [1.165, 1.54) is 30.5 Å². The molecule has 3 heterocycles. The van der Waals surface area contributed by atoms with Gasteiger partial charge < -0.3 is 9.64 Å². The van der Waals surface area contributed by atoms with Crippen molar-refractivity contribution >= 4 is 5.82 Å². The van der Waals surface area contributed by atoms with Crippen LogP contribution in [-0.4, -0.2) is 54.8 Å². The fraction of sp³-hybridized carbons (Fsp3) is 0.733. The van der Waals surface area contributed by atoms with E-state index >= 15 is 0 Å². The van der Waals surface area contributed by atoms with E-state index in [4.69, 9.17) is 4.74 Å². The van der Waals surface area contributed by atoms with Crippen LogP contribution in [0.4, 0.5) is 5.82 Å². The molecule has 1 saturated heterocycles. The Kier molecular flexibility index (Phi) is 4.17. The molecule has 0 N–H and O–H groups in total. The van der Waals surface area contributed by atoms with Crippen molar-refractivity contribution in [3.05, 3.63) is 17.6 Å². The molecular formula is C15H24N4O. The van der Waals surface area contributed by atoms with Gasteiger partial charge in [-0.2, -0.15) is 0 Å². The summed E-state index contributed by atoms with van der Waals surface area (Å²) in [6.07, 6.45) is 6.85. The topological polar surface area (TPSA) is 41.5 Å². The molecule has 0 bridgehead atoms. The Morgan fingerprint density at radius 3 is 3.00 bits per heavy atom. The summed E-state index contributed by atoms with van der Waals surface area (Å²) < 4.78 is 5.86. The van der Waals surface area contributed by atoms with Gasteiger partial charge in [-0.3, -0.25) is 4.90 Å². The van der Waals surface area contributed by atoms with Crippen LogP contribution in [-0.2, 0) is 17.7 Å². The van der Waals surface area contributed by atoms with Crippen molar-refractivity contribution in [1.29, 1.82) is 0 Å². The van der Waals surface area contributed by atoms with E-state index in [0.717, 1.165) is 38.5 Å².